The van der Waals surface area contributed by atoms with Crippen molar-refractivity contribution in [1.29, 1.82) is 0 Å². The van der Waals surface area contributed by atoms with Gasteiger partial charge in [-0.3, -0.25) is 0 Å². The number of alkyl halides is 3. The summed E-state index contributed by atoms with van der Waals surface area (Å²) in [6.07, 6.45) is -4.34. The second kappa shape index (κ2) is 5.93. The first-order chi connectivity index (χ1) is 9.29. The van der Waals surface area contributed by atoms with Crippen LogP contribution in [0.2, 0.25) is 0 Å². The first kappa shape index (κ1) is 15.6. The summed E-state index contributed by atoms with van der Waals surface area (Å²) in [6.45, 7) is 6.05. The summed E-state index contributed by atoms with van der Waals surface area (Å²) in [5.41, 5.74) is -0.302. The van der Waals surface area contributed by atoms with Crippen LogP contribution in [0.5, 0.6) is 0 Å². The van der Waals surface area contributed by atoms with Gasteiger partial charge in [0.15, 0.2) is 0 Å². The largest absolute Gasteiger partial charge is 0.418 e. The minimum Gasteiger partial charge on any atom is -0.368 e. The summed E-state index contributed by atoms with van der Waals surface area (Å²) in [4.78, 5) is 1.83. The summed E-state index contributed by atoms with van der Waals surface area (Å²) in [6, 6.07) is 4.59. The molecule has 112 valence electrons. The van der Waals surface area contributed by atoms with E-state index >= 15 is 0 Å². The lowest BCUT2D eigenvalue weighted by Gasteiger charge is -2.38. The average Bonchev–Trinajstić information content (AvgIpc) is 2.37. The molecule has 1 saturated heterocycles. The van der Waals surface area contributed by atoms with Gasteiger partial charge in [0.25, 0.3) is 0 Å². The van der Waals surface area contributed by atoms with Crippen molar-refractivity contribution in [2.75, 3.05) is 24.5 Å². The number of hydrogen-bond donors (Lipinski definition) is 1. The van der Waals surface area contributed by atoms with Crippen molar-refractivity contribution in [2.45, 2.75) is 26.1 Å². The fraction of sp³-hybridized carbons (Fsp3) is 0.571. The second-order valence-electron chi connectivity index (χ2n) is 5.41. The number of piperazine rings is 1. The molecule has 0 amide bonds. The van der Waals surface area contributed by atoms with E-state index in [2.05, 4.69) is 35.1 Å². The topological polar surface area (TPSA) is 15.3 Å². The molecule has 6 heteroatoms. The first-order valence-electron chi connectivity index (χ1n) is 6.64. The normalized spacial score (nSPS) is 20.6. The fourth-order valence-corrected chi connectivity index (χ4v) is 2.82. The molecule has 0 spiro atoms. The van der Waals surface area contributed by atoms with Crippen LogP contribution in [0.15, 0.2) is 22.7 Å². The Balaban J connectivity index is 2.32. The monoisotopic (exact) mass is 350 g/mol. The first-order valence-corrected chi connectivity index (χ1v) is 7.43. The van der Waals surface area contributed by atoms with Gasteiger partial charge >= 0.3 is 6.18 Å². The number of hydrogen-bond acceptors (Lipinski definition) is 2. The smallest absolute Gasteiger partial charge is 0.368 e. The average molecular weight is 351 g/mol. The van der Waals surface area contributed by atoms with E-state index in [1.807, 2.05) is 4.90 Å². The molecule has 1 unspecified atom stereocenters. The van der Waals surface area contributed by atoms with Crippen molar-refractivity contribution in [3.8, 4) is 0 Å². The van der Waals surface area contributed by atoms with E-state index in [4.69, 9.17) is 0 Å². The van der Waals surface area contributed by atoms with Gasteiger partial charge in [-0.15, -0.1) is 0 Å². The summed E-state index contributed by atoms with van der Waals surface area (Å²) >= 11 is 3.12. The predicted octanol–water partition coefficient (Wildman–Crippen LogP) is 3.90. The number of rotatable bonds is 2. The van der Waals surface area contributed by atoms with E-state index in [1.165, 1.54) is 0 Å². The highest BCUT2D eigenvalue weighted by Gasteiger charge is 2.36. The van der Waals surface area contributed by atoms with Gasteiger partial charge in [-0.1, -0.05) is 29.8 Å². The molecule has 0 saturated carbocycles. The fourth-order valence-electron chi connectivity index (χ4n) is 2.45. The highest BCUT2D eigenvalue weighted by atomic mass is 79.9. The van der Waals surface area contributed by atoms with Gasteiger partial charge in [0.2, 0.25) is 0 Å². The maximum atomic E-state index is 13.2. The zero-order valence-electron chi connectivity index (χ0n) is 11.5. The van der Waals surface area contributed by atoms with Gasteiger partial charge in [0.05, 0.1) is 5.56 Å². The molecule has 0 radical (unpaired) electrons. The van der Waals surface area contributed by atoms with Crippen molar-refractivity contribution in [3.63, 3.8) is 0 Å². The van der Waals surface area contributed by atoms with Crippen molar-refractivity contribution < 1.29 is 13.2 Å². The van der Waals surface area contributed by atoms with E-state index in [-0.39, 0.29) is 11.7 Å². The Morgan fingerprint density at radius 1 is 1.35 bits per heavy atom. The standard InChI is InChI=1S/C14H18BrF3N2/c1-9(2)12-8-20(6-5-19-12)13-4-3-10(15)7-11(13)14(16,17)18/h3-4,7,9,12,19H,5-6,8H2,1-2H3. The van der Waals surface area contributed by atoms with E-state index in [0.29, 0.717) is 30.0 Å². The zero-order chi connectivity index (χ0) is 14.9. The van der Waals surface area contributed by atoms with E-state index in [9.17, 15) is 13.2 Å². The molecule has 1 aliphatic heterocycles. The molecule has 2 rings (SSSR count). The SMILES string of the molecule is CC(C)C1CN(c2ccc(Br)cc2C(F)(F)F)CCN1. The van der Waals surface area contributed by atoms with Crippen LogP contribution in [0.25, 0.3) is 0 Å². The molecule has 1 aromatic rings. The van der Waals surface area contributed by atoms with Crippen LogP contribution in [0.3, 0.4) is 0 Å². The Morgan fingerprint density at radius 2 is 2.05 bits per heavy atom. The highest BCUT2D eigenvalue weighted by Crippen LogP contribution is 2.38. The molecule has 2 nitrogen and oxygen atoms in total. The lowest BCUT2D eigenvalue weighted by atomic mass is 10.0. The van der Waals surface area contributed by atoms with Crippen LogP contribution in [-0.2, 0) is 6.18 Å². The van der Waals surface area contributed by atoms with Gasteiger partial charge in [-0.05, 0) is 24.1 Å². The molecular formula is C14H18BrF3N2. The lowest BCUT2D eigenvalue weighted by Crippen LogP contribution is -2.53. The maximum absolute atomic E-state index is 13.2. The lowest BCUT2D eigenvalue weighted by molar-refractivity contribution is -0.137. The Labute approximate surface area is 125 Å². The third kappa shape index (κ3) is 3.47. The van der Waals surface area contributed by atoms with Gasteiger partial charge in [-0.2, -0.15) is 13.2 Å². The van der Waals surface area contributed by atoms with Crippen molar-refractivity contribution >= 4 is 21.6 Å². The van der Waals surface area contributed by atoms with Crippen LogP contribution in [0.4, 0.5) is 18.9 Å². The number of nitrogens with one attached hydrogen (secondary N) is 1. The molecule has 1 N–H and O–H groups in total. The molecule has 0 aliphatic carbocycles. The molecule has 1 aliphatic rings. The Hall–Kier alpha value is -0.750. The maximum Gasteiger partial charge on any atom is 0.418 e. The summed E-state index contributed by atoms with van der Waals surface area (Å²) < 4.78 is 40.0. The quantitative estimate of drug-likeness (QED) is 0.869. The van der Waals surface area contributed by atoms with Gasteiger partial charge in [0.1, 0.15) is 0 Å². The third-order valence-electron chi connectivity index (χ3n) is 3.61. The van der Waals surface area contributed by atoms with Crippen LogP contribution >= 0.6 is 15.9 Å². The van der Waals surface area contributed by atoms with Gasteiger partial charge in [0, 0.05) is 35.8 Å². The summed E-state index contributed by atoms with van der Waals surface area (Å²) in [7, 11) is 0. The van der Waals surface area contributed by atoms with Gasteiger partial charge in [-0.25, -0.2) is 0 Å². The third-order valence-corrected chi connectivity index (χ3v) is 4.11. The summed E-state index contributed by atoms with van der Waals surface area (Å²) in [5, 5.41) is 3.36. The van der Waals surface area contributed by atoms with Crippen LogP contribution in [-0.4, -0.2) is 25.7 Å². The number of nitrogens with zero attached hydrogens (tertiary/aromatic N) is 1. The van der Waals surface area contributed by atoms with Crippen molar-refractivity contribution in [1.82, 2.24) is 5.32 Å². The minimum atomic E-state index is -4.34. The van der Waals surface area contributed by atoms with E-state index in [1.54, 1.807) is 12.1 Å². The molecular weight excluding hydrogens is 333 g/mol. The van der Waals surface area contributed by atoms with Crippen molar-refractivity contribution in [3.05, 3.63) is 28.2 Å². The molecule has 20 heavy (non-hydrogen) atoms. The number of anilines is 1. The highest BCUT2D eigenvalue weighted by molar-refractivity contribution is 9.10. The number of halogens is 4. The summed E-state index contributed by atoms with van der Waals surface area (Å²) in [5.74, 6) is 0.391. The molecule has 0 aromatic heterocycles. The Kier molecular flexibility index (Phi) is 4.64. The molecule has 1 heterocycles. The minimum absolute atomic E-state index is 0.216. The Morgan fingerprint density at radius 3 is 2.65 bits per heavy atom. The Bertz CT molecular complexity index is 474. The molecule has 1 atom stereocenters. The van der Waals surface area contributed by atoms with E-state index < -0.39 is 11.7 Å². The van der Waals surface area contributed by atoms with Crippen molar-refractivity contribution in [2.24, 2.45) is 5.92 Å². The van der Waals surface area contributed by atoms with E-state index in [0.717, 1.165) is 6.07 Å². The van der Waals surface area contributed by atoms with Crippen LogP contribution in [0, 0.1) is 5.92 Å². The number of benzene rings is 1. The predicted molar refractivity (Wildman–Crippen MR) is 78.0 cm³/mol. The van der Waals surface area contributed by atoms with Gasteiger partial charge < -0.3 is 10.2 Å². The zero-order valence-corrected chi connectivity index (χ0v) is 13.1. The molecule has 0 bridgehead atoms. The second-order valence-corrected chi connectivity index (χ2v) is 6.33. The van der Waals surface area contributed by atoms with Crippen LogP contribution < -0.4 is 10.2 Å². The molecule has 1 fully saturated rings. The van der Waals surface area contributed by atoms with Crippen LogP contribution in [0.1, 0.15) is 19.4 Å². The molecule has 1 aromatic carbocycles.